The zero-order chi connectivity index (χ0) is 17.1. The van der Waals surface area contributed by atoms with Crippen LogP contribution in [0.4, 0.5) is 5.69 Å². The number of carbonyl (C=O) groups excluding carboxylic acids is 1. The number of amides is 1. The van der Waals surface area contributed by atoms with Crippen molar-refractivity contribution < 1.29 is 9.53 Å². The summed E-state index contributed by atoms with van der Waals surface area (Å²) in [6.45, 7) is 8.06. The molecule has 0 spiro atoms. The first kappa shape index (κ1) is 17.3. The lowest BCUT2D eigenvalue weighted by atomic mass is 10.1. The number of aromatic nitrogens is 2. The zero-order valence-corrected chi connectivity index (χ0v) is 14.9. The molecule has 1 amide bonds. The number of methoxy groups -OCH3 is 1. The van der Waals surface area contributed by atoms with Gasteiger partial charge in [-0.3, -0.25) is 9.48 Å². The Labute approximate surface area is 141 Å². The van der Waals surface area contributed by atoms with Crippen molar-refractivity contribution in [2.75, 3.05) is 12.4 Å². The highest BCUT2D eigenvalue weighted by molar-refractivity contribution is 6.31. The molecule has 6 heteroatoms. The molecule has 2 rings (SSSR count). The SMILES string of the molecule is COc1ccc(C)cc1NC(=O)[C@@H](C)Cn1nc(C)c(Cl)c1C. The highest BCUT2D eigenvalue weighted by Crippen LogP contribution is 2.26. The van der Waals surface area contributed by atoms with Crippen LogP contribution >= 0.6 is 11.6 Å². The summed E-state index contributed by atoms with van der Waals surface area (Å²) in [4.78, 5) is 12.5. The van der Waals surface area contributed by atoms with Gasteiger partial charge < -0.3 is 10.1 Å². The largest absolute Gasteiger partial charge is 0.495 e. The summed E-state index contributed by atoms with van der Waals surface area (Å²) in [5.41, 5.74) is 3.38. The fraction of sp³-hybridized carbons (Fsp3) is 0.412. The number of ether oxygens (including phenoxy) is 1. The number of anilines is 1. The van der Waals surface area contributed by atoms with Gasteiger partial charge in [-0.1, -0.05) is 24.6 Å². The van der Waals surface area contributed by atoms with Crippen LogP contribution < -0.4 is 10.1 Å². The van der Waals surface area contributed by atoms with Gasteiger partial charge in [-0.15, -0.1) is 0 Å². The number of aryl methyl sites for hydroxylation is 2. The summed E-state index contributed by atoms with van der Waals surface area (Å²) in [6, 6.07) is 5.68. The van der Waals surface area contributed by atoms with Gasteiger partial charge in [0.15, 0.2) is 0 Å². The molecule has 2 aromatic rings. The highest BCUT2D eigenvalue weighted by Gasteiger charge is 2.18. The van der Waals surface area contributed by atoms with Crippen molar-refractivity contribution in [3.05, 3.63) is 40.2 Å². The van der Waals surface area contributed by atoms with Gasteiger partial charge in [0.2, 0.25) is 5.91 Å². The molecule has 0 aliphatic rings. The van der Waals surface area contributed by atoms with Gasteiger partial charge in [0.05, 0.1) is 41.7 Å². The predicted octanol–water partition coefficient (Wildman–Crippen LogP) is 3.75. The molecular weight excluding hydrogens is 314 g/mol. The summed E-state index contributed by atoms with van der Waals surface area (Å²) in [5.74, 6) is 0.303. The van der Waals surface area contributed by atoms with E-state index in [4.69, 9.17) is 16.3 Å². The molecule has 0 aliphatic heterocycles. The van der Waals surface area contributed by atoms with E-state index in [0.717, 1.165) is 17.0 Å². The Morgan fingerprint density at radius 3 is 2.65 bits per heavy atom. The Bertz CT molecular complexity index is 725. The molecule has 5 nitrogen and oxygen atoms in total. The second-order valence-electron chi connectivity index (χ2n) is 5.76. The smallest absolute Gasteiger partial charge is 0.229 e. The second kappa shape index (κ2) is 7.04. The maximum absolute atomic E-state index is 12.5. The molecule has 124 valence electrons. The quantitative estimate of drug-likeness (QED) is 0.905. The Balaban J connectivity index is 2.11. The van der Waals surface area contributed by atoms with Crippen LogP contribution in [0.15, 0.2) is 18.2 Å². The molecule has 0 unspecified atom stereocenters. The summed E-state index contributed by atoms with van der Waals surface area (Å²) in [6.07, 6.45) is 0. The first-order chi connectivity index (χ1) is 10.8. The molecular formula is C17H22ClN3O2. The van der Waals surface area contributed by atoms with E-state index < -0.39 is 0 Å². The topological polar surface area (TPSA) is 56.1 Å². The van der Waals surface area contributed by atoms with Crippen LogP contribution in [0.25, 0.3) is 0 Å². The number of nitrogens with one attached hydrogen (secondary N) is 1. The van der Waals surface area contributed by atoms with Crippen LogP contribution in [0, 0.1) is 26.7 Å². The Hall–Kier alpha value is -2.01. The predicted molar refractivity (Wildman–Crippen MR) is 92.2 cm³/mol. The van der Waals surface area contributed by atoms with Crippen LogP contribution in [-0.4, -0.2) is 22.8 Å². The van der Waals surface area contributed by atoms with E-state index in [-0.39, 0.29) is 11.8 Å². The molecule has 1 aromatic heterocycles. The van der Waals surface area contributed by atoms with Gasteiger partial charge in [0.25, 0.3) is 0 Å². The number of halogens is 1. The molecule has 23 heavy (non-hydrogen) atoms. The molecule has 0 aliphatic carbocycles. The number of hydrogen-bond acceptors (Lipinski definition) is 3. The molecule has 1 N–H and O–H groups in total. The highest BCUT2D eigenvalue weighted by atomic mass is 35.5. The van der Waals surface area contributed by atoms with Crippen LogP contribution in [0.2, 0.25) is 5.02 Å². The van der Waals surface area contributed by atoms with Crippen LogP contribution in [-0.2, 0) is 11.3 Å². The summed E-state index contributed by atoms with van der Waals surface area (Å²) >= 11 is 6.15. The minimum absolute atomic E-state index is 0.0856. The Kier molecular flexibility index (Phi) is 5.31. The number of carbonyl (C=O) groups is 1. The van der Waals surface area contributed by atoms with Crippen LogP contribution in [0.1, 0.15) is 23.9 Å². The number of benzene rings is 1. The van der Waals surface area contributed by atoms with Gasteiger partial charge in [-0.05, 0) is 38.5 Å². The van der Waals surface area contributed by atoms with Gasteiger partial charge >= 0.3 is 0 Å². The van der Waals surface area contributed by atoms with Gasteiger partial charge in [0, 0.05) is 0 Å². The van der Waals surface area contributed by atoms with E-state index in [2.05, 4.69) is 10.4 Å². The number of nitrogens with zero attached hydrogens (tertiary/aromatic N) is 2. The van der Waals surface area contributed by atoms with Crippen molar-refractivity contribution in [2.24, 2.45) is 5.92 Å². The van der Waals surface area contributed by atoms with Crippen LogP contribution in [0.3, 0.4) is 0 Å². The van der Waals surface area contributed by atoms with Crippen molar-refractivity contribution in [3.63, 3.8) is 0 Å². The van der Waals surface area contributed by atoms with Crippen molar-refractivity contribution >= 4 is 23.2 Å². The fourth-order valence-electron chi connectivity index (χ4n) is 2.37. The van der Waals surface area contributed by atoms with Crippen molar-refractivity contribution in [1.82, 2.24) is 9.78 Å². The molecule has 1 heterocycles. The standard InChI is InChI=1S/C17H22ClN3O2/c1-10-6-7-15(23-5)14(8-10)19-17(22)11(2)9-21-13(4)16(18)12(3)20-21/h6-8,11H,9H2,1-5H3,(H,19,22)/t11-/m0/s1. The molecule has 1 atom stereocenters. The molecule has 0 bridgehead atoms. The second-order valence-corrected chi connectivity index (χ2v) is 6.14. The van der Waals surface area contributed by atoms with Gasteiger partial charge in [-0.25, -0.2) is 0 Å². The minimum atomic E-state index is -0.255. The Morgan fingerprint density at radius 1 is 1.39 bits per heavy atom. The summed E-state index contributed by atoms with van der Waals surface area (Å²) in [5, 5.41) is 7.94. The lowest BCUT2D eigenvalue weighted by Gasteiger charge is -2.15. The zero-order valence-electron chi connectivity index (χ0n) is 14.1. The normalized spacial score (nSPS) is 12.1. The van der Waals surface area contributed by atoms with Crippen molar-refractivity contribution in [2.45, 2.75) is 34.2 Å². The van der Waals surface area contributed by atoms with E-state index in [0.29, 0.717) is 23.0 Å². The average molecular weight is 336 g/mol. The Morgan fingerprint density at radius 2 is 2.09 bits per heavy atom. The van der Waals surface area contributed by atoms with E-state index in [1.165, 1.54) is 0 Å². The van der Waals surface area contributed by atoms with Crippen LogP contribution in [0.5, 0.6) is 5.75 Å². The molecule has 0 fully saturated rings. The van der Waals surface area contributed by atoms with Crippen molar-refractivity contribution in [3.8, 4) is 5.75 Å². The maximum atomic E-state index is 12.5. The monoisotopic (exact) mass is 335 g/mol. The fourth-order valence-corrected chi connectivity index (χ4v) is 2.51. The lowest BCUT2D eigenvalue weighted by Crippen LogP contribution is -2.25. The van der Waals surface area contributed by atoms with Gasteiger partial charge in [0.1, 0.15) is 5.75 Å². The molecule has 1 aromatic carbocycles. The molecule has 0 saturated carbocycles. The van der Waals surface area contributed by atoms with Crippen molar-refractivity contribution in [1.29, 1.82) is 0 Å². The molecule has 0 radical (unpaired) electrons. The first-order valence-corrected chi connectivity index (χ1v) is 7.86. The number of rotatable bonds is 5. The molecule has 0 saturated heterocycles. The first-order valence-electron chi connectivity index (χ1n) is 7.48. The third-order valence-electron chi connectivity index (χ3n) is 3.80. The average Bonchev–Trinajstić information content (AvgIpc) is 2.74. The van der Waals surface area contributed by atoms with Gasteiger partial charge in [-0.2, -0.15) is 5.10 Å². The summed E-state index contributed by atoms with van der Waals surface area (Å²) < 4.78 is 7.06. The van der Waals surface area contributed by atoms with E-state index >= 15 is 0 Å². The van der Waals surface area contributed by atoms with E-state index in [9.17, 15) is 4.79 Å². The summed E-state index contributed by atoms with van der Waals surface area (Å²) in [7, 11) is 1.58. The third kappa shape index (κ3) is 3.85. The van der Waals surface area contributed by atoms with E-state index in [1.807, 2.05) is 45.9 Å². The minimum Gasteiger partial charge on any atom is -0.495 e. The number of hydrogen-bond donors (Lipinski definition) is 1. The maximum Gasteiger partial charge on any atom is 0.229 e. The van der Waals surface area contributed by atoms with E-state index in [1.54, 1.807) is 11.8 Å². The third-order valence-corrected chi connectivity index (χ3v) is 4.35. The lowest BCUT2D eigenvalue weighted by molar-refractivity contribution is -0.119.